The van der Waals surface area contributed by atoms with E-state index in [0.29, 0.717) is 21.9 Å². The van der Waals surface area contributed by atoms with E-state index in [1.54, 1.807) is 12.3 Å². The molecule has 0 atom stereocenters. The average Bonchev–Trinajstić information content (AvgIpc) is 2.76. The highest BCUT2D eigenvalue weighted by Gasteiger charge is 2.23. The monoisotopic (exact) mass is 274 g/mol. The maximum absolute atomic E-state index is 12.5. The van der Waals surface area contributed by atoms with Crippen molar-refractivity contribution in [1.29, 1.82) is 0 Å². The Hall–Kier alpha value is -1.95. The van der Waals surface area contributed by atoms with Crippen molar-refractivity contribution in [1.82, 2.24) is 15.1 Å². The van der Waals surface area contributed by atoms with Gasteiger partial charge in [-0.3, -0.25) is 4.79 Å². The van der Waals surface area contributed by atoms with E-state index in [4.69, 9.17) is 5.73 Å². The van der Waals surface area contributed by atoms with Gasteiger partial charge in [0, 0.05) is 18.5 Å². The van der Waals surface area contributed by atoms with Gasteiger partial charge in [-0.2, -0.15) is 5.10 Å². The van der Waals surface area contributed by atoms with E-state index in [1.807, 2.05) is 11.8 Å². The van der Waals surface area contributed by atoms with Gasteiger partial charge in [0.2, 0.25) is 0 Å². The number of anilines is 1. The van der Waals surface area contributed by atoms with Crippen molar-refractivity contribution in [2.45, 2.75) is 13.3 Å². The maximum atomic E-state index is 12.5. The smallest absolute Gasteiger partial charge is 0.266 e. The Labute approximate surface area is 114 Å². The first-order valence-corrected chi connectivity index (χ1v) is 6.93. The number of aromatic nitrogens is 2. The molecule has 98 valence electrons. The van der Waals surface area contributed by atoms with Gasteiger partial charge in [0.05, 0.1) is 11.9 Å². The van der Waals surface area contributed by atoms with Gasteiger partial charge in [-0.25, -0.2) is 0 Å². The Balaban J connectivity index is 1.98. The molecule has 19 heavy (non-hydrogen) atoms. The second kappa shape index (κ2) is 4.62. The van der Waals surface area contributed by atoms with Crippen LogP contribution in [0.2, 0.25) is 0 Å². The molecule has 2 aromatic heterocycles. The van der Waals surface area contributed by atoms with Crippen LogP contribution in [0, 0.1) is 0 Å². The number of hydrogen-bond acceptors (Lipinski definition) is 5. The topological polar surface area (TPSA) is 72.1 Å². The fourth-order valence-corrected chi connectivity index (χ4v) is 3.27. The van der Waals surface area contributed by atoms with Crippen molar-refractivity contribution in [3.8, 4) is 0 Å². The summed E-state index contributed by atoms with van der Waals surface area (Å²) in [4.78, 5) is 15.6. The van der Waals surface area contributed by atoms with Crippen LogP contribution in [0.25, 0.3) is 10.2 Å². The quantitative estimate of drug-likeness (QED) is 0.808. The Morgan fingerprint density at radius 2 is 2.37 bits per heavy atom. The summed E-state index contributed by atoms with van der Waals surface area (Å²) in [6, 6.07) is 1.80. The SMILES string of the molecule is CC1=CCCN(C(=O)c2sc3nnccc3c2N)C1. The Morgan fingerprint density at radius 1 is 1.53 bits per heavy atom. The molecular formula is C13H14N4OS. The van der Waals surface area contributed by atoms with E-state index >= 15 is 0 Å². The molecule has 0 fully saturated rings. The number of carbonyl (C=O) groups is 1. The molecule has 0 saturated carbocycles. The number of amides is 1. The van der Waals surface area contributed by atoms with Crippen molar-refractivity contribution >= 4 is 33.1 Å². The normalized spacial score (nSPS) is 15.6. The summed E-state index contributed by atoms with van der Waals surface area (Å²) in [6.07, 6.45) is 4.67. The van der Waals surface area contributed by atoms with Gasteiger partial charge in [0.25, 0.3) is 5.91 Å². The van der Waals surface area contributed by atoms with Gasteiger partial charge < -0.3 is 10.6 Å². The lowest BCUT2D eigenvalue weighted by molar-refractivity contribution is 0.0772. The van der Waals surface area contributed by atoms with Crippen LogP contribution in [0.4, 0.5) is 5.69 Å². The third kappa shape index (κ3) is 2.08. The van der Waals surface area contributed by atoms with Gasteiger partial charge in [-0.05, 0) is 19.4 Å². The summed E-state index contributed by atoms with van der Waals surface area (Å²) >= 11 is 1.32. The Bertz CT molecular complexity index is 676. The molecule has 1 amide bonds. The van der Waals surface area contributed by atoms with E-state index in [9.17, 15) is 4.79 Å². The highest BCUT2D eigenvalue weighted by molar-refractivity contribution is 7.21. The summed E-state index contributed by atoms with van der Waals surface area (Å²) in [6.45, 7) is 3.47. The molecule has 0 spiro atoms. The van der Waals surface area contributed by atoms with E-state index in [-0.39, 0.29) is 5.91 Å². The molecule has 0 bridgehead atoms. The summed E-state index contributed by atoms with van der Waals surface area (Å²) < 4.78 is 0. The summed E-state index contributed by atoms with van der Waals surface area (Å²) in [5.74, 6) is -0.00653. The lowest BCUT2D eigenvalue weighted by atomic mass is 10.1. The molecule has 0 aromatic carbocycles. The zero-order valence-corrected chi connectivity index (χ0v) is 11.4. The van der Waals surface area contributed by atoms with E-state index < -0.39 is 0 Å². The van der Waals surface area contributed by atoms with Crippen LogP contribution in [-0.4, -0.2) is 34.1 Å². The number of rotatable bonds is 1. The molecule has 5 nitrogen and oxygen atoms in total. The largest absolute Gasteiger partial charge is 0.397 e. The molecule has 2 N–H and O–H groups in total. The van der Waals surface area contributed by atoms with Crippen LogP contribution in [-0.2, 0) is 0 Å². The van der Waals surface area contributed by atoms with Gasteiger partial charge in [0.1, 0.15) is 9.71 Å². The predicted molar refractivity (Wildman–Crippen MR) is 76.1 cm³/mol. The zero-order valence-electron chi connectivity index (χ0n) is 10.6. The van der Waals surface area contributed by atoms with Crippen molar-refractivity contribution in [2.75, 3.05) is 18.8 Å². The standard InChI is InChI=1S/C13H14N4OS/c1-8-3-2-6-17(7-8)13(18)11-10(14)9-4-5-15-16-12(9)19-11/h3-5H,2,6-7,14H2,1H3. The molecule has 0 unspecified atom stereocenters. The minimum atomic E-state index is -0.00653. The van der Waals surface area contributed by atoms with Gasteiger partial charge in [-0.1, -0.05) is 11.6 Å². The van der Waals surface area contributed by atoms with Crippen LogP contribution < -0.4 is 5.73 Å². The highest BCUT2D eigenvalue weighted by atomic mass is 32.1. The number of thiophene rings is 1. The summed E-state index contributed by atoms with van der Waals surface area (Å²) in [5, 5.41) is 8.65. The number of carbonyl (C=O) groups excluding carboxylic acids is 1. The highest BCUT2D eigenvalue weighted by Crippen LogP contribution is 2.32. The Kier molecular flexibility index (Phi) is 2.94. The van der Waals surface area contributed by atoms with Crippen LogP contribution in [0.15, 0.2) is 23.9 Å². The van der Waals surface area contributed by atoms with Crippen LogP contribution >= 0.6 is 11.3 Å². The summed E-state index contributed by atoms with van der Waals surface area (Å²) in [7, 11) is 0. The van der Waals surface area contributed by atoms with Crippen LogP contribution in [0.1, 0.15) is 23.0 Å². The molecular weight excluding hydrogens is 260 g/mol. The van der Waals surface area contributed by atoms with Crippen molar-refractivity contribution in [2.24, 2.45) is 0 Å². The van der Waals surface area contributed by atoms with Crippen molar-refractivity contribution in [3.05, 3.63) is 28.8 Å². The van der Waals surface area contributed by atoms with Gasteiger partial charge in [0.15, 0.2) is 0 Å². The third-order valence-corrected chi connectivity index (χ3v) is 4.33. The summed E-state index contributed by atoms with van der Waals surface area (Å²) in [5.41, 5.74) is 7.80. The van der Waals surface area contributed by atoms with Crippen molar-refractivity contribution < 1.29 is 4.79 Å². The second-order valence-electron chi connectivity index (χ2n) is 4.66. The number of nitrogens with two attached hydrogens (primary N) is 1. The van der Waals surface area contributed by atoms with Crippen molar-refractivity contribution in [3.63, 3.8) is 0 Å². The fraction of sp³-hybridized carbons (Fsp3) is 0.308. The fourth-order valence-electron chi connectivity index (χ4n) is 2.26. The van der Waals surface area contributed by atoms with Gasteiger partial charge >= 0.3 is 0 Å². The predicted octanol–water partition coefficient (Wildman–Crippen LogP) is 2.07. The number of hydrogen-bond donors (Lipinski definition) is 1. The van der Waals surface area contributed by atoms with Gasteiger partial charge in [-0.15, -0.1) is 16.4 Å². The van der Waals surface area contributed by atoms with Crippen LogP contribution in [0.3, 0.4) is 0 Å². The molecule has 1 aliphatic heterocycles. The lowest BCUT2D eigenvalue weighted by Gasteiger charge is -2.25. The molecule has 2 aromatic rings. The molecule has 3 rings (SSSR count). The minimum Gasteiger partial charge on any atom is -0.397 e. The first kappa shape index (κ1) is 12.1. The molecule has 1 aliphatic rings. The molecule has 6 heteroatoms. The van der Waals surface area contributed by atoms with E-state index in [0.717, 1.165) is 18.4 Å². The first-order valence-electron chi connectivity index (χ1n) is 6.11. The number of fused-ring (bicyclic) bond motifs is 1. The molecule has 0 radical (unpaired) electrons. The zero-order chi connectivity index (χ0) is 13.4. The minimum absolute atomic E-state index is 0.00653. The van der Waals surface area contributed by atoms with E-state index in [2.05, 4.69) is 16.3 Å². The molecule has 0 saturated heterocycles. The Morgan fingerprint density at radius 3 is 3.11 bits per heavy atom. The van der Waals surface area contributed by atoms with Crippen LogP contribution in [0.5, 0.6) is 0 Å². The van der Waals surface area contributed by atoms with E-state index in [1.165, 1.54) is 16.9 Å². The first-order chi connectivity index (χ1) is 9.16. The third-order valence-electron chi connectivity index (χ3n) is 3.23. The maximum Gasteiger partial charge on any atom is 0.266 e. The molecule has 0 aliphatic carbocycles. The average molecular weight is 274 g/mol. The lowest BCUT2D eigenvalue weighted by Crippen LogP contribution is -2.35. The molecule has 3 heterocycles. The number of nitrogen functional groups attached to an aromatic ring is 1. The number of nitrogens with zero attached hydrogens (tertiary/aromatic N) is 3. The second-order valence-corrected chi connectivity index (χ2v) is 5.66.